The molecule has 0 aliphatic carbocycles. The molecule has 0 atom stereocenters. The second kappa shape index (κ2) is 9.30. The Morgan fingerprint density at radius 2 is 1.48 bits per heavy atom. The first-order chi connectivity index (χ1) is 12.0. The molecule has 5 nitrogen and oxygen atoms in total. The van der Waals surface area contributed by atoms with Gasteiger partial charge in [-0.1, -0.05) is 36.2 Å². The minimum absolute atomic E-state index is 0.0505. The van der Waals surface area contributed by atoms with E-state index in [0.717, 1.165) is 6.42 Å². The maximum Gasteiger partial charge on any atom is 0.243 e. The maximum absolute atomic E-state index is 12.1. The van der Waals surface area contributed by atoms with E-state index < -0.39 is 0 Å². The number of hydrogen-bond acceptors (Lipinski definition) is 3. The first-order valence-corrected chi connectivity index (χ1v) is 8.61. The molecule has 3 N–H and O–H groups in total. The molecule has 0 saturated heterocycles. The third-order valence-electron chi connectivity index (χ3n) is 3.22. The molecule has 132 valence electrons. The van der Waals surface area contributed by atoms with Gasteiger partial charge in [-0.3, -0.25) is 9.59 Å². The van der Waals surface area contributed by atoms with E-state index >= 15 is 0 Å². The van der Waals surface area contributed by atoms with E-state index in [1.165, 1.54) is 0 Å². The number of carbonyl (C=O) groups excluding carboxylic acids is 2. The monoisotopic (exact) mass is 379 g/mol. The van der Waals surface area contributed by atoms with Crippen molar-refractivity contribution in [3.8, 4) is 0 Å². The Morgan fingerprint density at radius 1 is 0.880 bits per heavy atom. The molecule has 0 fully saturated rings. The van der Waals surface area contributed by atoms with Gasteiger partial charge in [-0.15, -0.1) is 0 Å². The van der Waals surface area contributed by atoms with Crippen molar-refractivity contribution in [2.24, 2.45) is 0 Å². The molecular formula is C18H19Cl2N3O2. The SMILES string of the molecule is CCCC(=O)Nc1cccc(NC(=O)CNc2cc(Cl)cc(Cl)c2)c1. The van der Waals surface area contributed by atoms with E-state index in [1.807, 2.05) is 6.92 Å². The minimum Gasteiger partial charge on any atom is -0.376 e. The zero-order chi connectivity index (χ0) is 18.2. The fraction of sp³-hybridized carbons (Fsp3) is 0.222. The van der Waals surface area contributed by atoms with E-state index in [2.05, 4.69) is 16.0 Å². The standard InChI is InChI=1S/C18H19Cl2N3O2/c1-2-4-17(24)22-14-5-3-6-15(10-14)23-18(25)11-21-16-8-12(19)7-13(20)9-16/h3,5-10,21H,2,4,11H2,1H3,(H,22,24)(H,23,25). The first kappa shape index (κ1) is 19.1. The van der Waals surface area contributed by atoms with Gasteiger partial charge in [0.25, 0.3) is 0 Å². The normalized spacial score (nSPS) is 10.2. The number of rotatable bonds is 7. The highest BCUT2D eigenvalue weighted by molar-refractivity contribution is 6.35. The average molecular weight is 380 g/mol. The second-order valence-electron chi connectivity index (χ2n) is 5.44. The summed E-state index contributed by atoms with van der Waals surface area (Å²) >= 11 is 11.8. The number of benzene rings is 2. The highest BCUT2D eigenvalue weighted by atomic mass is 35.5. The fourth-order valence-corrected chi connectivity index (χ4v) is 2.69. The van der Waals surface area contributed by atoms with Crippen LogP contribution in [0.25, 0.3) is 0 Å². The van der Waals surface area contributed by atoms with Crippen LogP contribution in [0.2, 0.25) is 10.0 Å². The van der Waals surface area contributed by atoms with E-state index in [4.69, 9.17) is 23.2 Å². The molecule has 0 aliphatic rings. The van der Waals surface area contributed by atoms with E-state index in [0.29, 0.717) is 33.5 Å². The van der Waals surface area contributed by atoms with Crippen molar-refractivity contribution >= 4 is 52.1 Å². The Bertz CT molecular complexity index is 745. The van der Waals surface area contributed by atoms with Crippen molar-refractivity contribution in [2.75, 3.05) is 22.5 Å². The van der Waals surface area contributed by atoms with Crippen LogP contribution in [-0.2, 0) is 9.59 Å². The summed E-state index contributed by atoms with van der Waals surface area (Å²) in [6, 6.07) is 12.0. The molecule has 0 saturated carbocycles. The van der Waals surface area contributed by atoms with Crippen LogP contribution >= 0.6 is 23.2 Å². The van der Waals surface area contributed by atoms with Crippen molar-refractivity contribution in [3.05, 3.63) is 52.5 Å². The summed E-state index contributed by atoms with van der Waals surface area (Å²) in [5, 5.41) is 9.50. The topological polar surface area (TPSA) is 70.2 Å². The average Bonchev–Trinajstić information content (AvgIpc) is 2.52. The van der Waals surface area contributed by atoms with E-state index in [9.17, 15) is 9.59 Å². The smallest absolute Gasteiger partial charge is 0.243 e. The van der Waals surface area contributed by atoms with Gasteiger partial charge in [0.15, 0.2) is 0 Å². The Balaban J connectivity index is 1.90. The molecule has 2 aromatic carbocycles. The minimum atomic E-state index is -0.229. The summed E-state index contributed by atoms with van der Waals surface area (Å²) in [7, 11) is 0. The number of nitrogens with one attached hydrogen (secondary N) is 3. The Labute approximate surface area is 156 Å². The third kappa shape index (κ3) is 6.64. The van der Waals surface area contributed by atoms with E-state index in [1.54, 1.807) is 42.5 Å². The van der Waals surface area contributed by atoms with Gasteiger partial charge in [0.1, 0.15) is 0 Å². The van der Waals surface area contributed by atoms with Crippen LogP contribution in [-0.4, -0.2) is 18.4 Å². The largest absolute Gasteiger partial charge is 0.376 e. The fourth-order valence-electron chi connectivity index (χ4n) is 2.17. The molecular weight excluding hydrogens is 361 g/mol. The van der Waals surface area contributed by atoms with Crippen molar-refractivity contribution in [2.45, 2.75) is 19.8 Å². The molecule has 0 aromatic heterocycles. The zero-order valence-corrected chi connectivity index (χ0v) is 15.2. The van der Waals surface area contributed by atoms with Gasteiger partial charge in [0.05, 0.1) is 6.54 Å². The quantitative estimate of drug-likeness (QED) is 0.647. The highest BCUT2D eigenvalue weighted by Crippen LogP contribution is 2.22. The summed E-state index contributed by atoms with van der Waals surface area (Å²) < 4.78 is 0. The number of carbonyl (C=O) groups is 2. The van der Waals surface area contributed by atoms with Crippen molar-refractivity contribution in [1.82, 2.24) is 0 Å². The molecule has 7 heteroatoms. The van der Waals surface area contributed by atoms with Crippen LogP contribution in [0.15, 0.2) is 42.5 Å². The summed E-state index contributed by atoms with van der Waals surface area (Å²) in [6.45, 7) is 2.00. The van der Waals surface area contributed by atoms with Crippen LogP contribution in [0.1, 0.15) is 19.8 Å². The van der Waals surface area contributed by atoms with Crippen LogP contribution < -0.4 is 16.0 Å². The predicted molar refractivity (Wildman–Crippen MR) is 104 cm³/mol. The van der Waals surface area contributed by atoms with Crippen LogP contribution in [0.3, 0.4) is 0 Å². The zero-order valence-electron chi connectivity index (χ0n) is 13.7. The van der Waals surface area contributed by atoms with Crippen molar-refractivity contribution < 1.29 is 9.59 Å². The lowest BCUT2D eigenvalue weighted by Crippen LogP contribution is -2.21. The number of anilines is 3. The molecule has 0 unspecified atom stereocenters. The number of halogens is 2. The highest BCUT2D eigenvalue weighted by Gasteiger charge is 2.06. The van der Waals surface area contributed by atoms with Gasteiger partial charge in [-0.2, -0.15) is 0 Å². The van der Waals surface area contributed by atoms with Crippen LogP contribution in [0, 0.1) is 0 Å². The van der Waals surface area contributed by atoms with Gasteiger partial charge >= 0.3 is 0 Å². The second-order valence-corrected chi connectivity index (χ2v) is 6.31. The lowest BCUT2D eigenvalue weighted by molar-refractivity contribution is -0.116. The summed E-state index contributed by atoms with van der Waals surface area (Å²) in [5.74, 6) is -0.279. The van der Waals surface area contributed by atoms with Gasteiger partial charge in [-0.05, 0) is 42.8 Å². The van der Waals surface area contributed by atoms with E-state index in [-0.39, 0.29) is 18.4 Å². The maximum atomic E-state index is 12.1. The van der Waals surface area contributed by atoms with Gasteiger partial charge in [-0.25, -0.2) is 0 Å². The number of amides is 2. The molecule has 0 spiro atoms. The third-order valence-corrected chi connectivity index (χ3v) is 3.66. The molecule has 0 bridgehead atoms. The lowest BCUT2D eigenvalue weighted by atomic mass is 10.2. The Morgan fingerprint density at radius 3 is 2.08 bits per heavy atom. The molecule has 2 rings (SSSR count). The molecule has 0 heterocycles. The summed E-state index contributed by atoms with van der Waals surface area (Å²) in [5.41, 5.74) is 1.91. The molecule has 2 aromatic rings. The van der Waals surface area contributed by atoms with Gasteiger partial charge < -0.3 is 16.0 Å². The summed E-state index contributed by atoms with van der Waals surface area (Å²) in [6.07, 6.45) is 1.24. The molecule has 25 heavy (non-hydrogen) atoms. The van der Waals surface area contributed by atoms with Crippen LogP contribution in [0.5, 0.6) is 0 Å². The molecule has 0 aliphatic heterocycles. The predicted octanol–water partition coefficient (Wildman–Crippen LogP) is 4.78. The van der Waals surface area contributed by atoms with Crippen LogP contribution in [0.4, 0.5) is 17.1 Å². The van der Waals surface area contributed by atoms with Gasteiger partial charge in [0, 0.05) is 33.5 Å². The Hall–Kier alpha value is -2.24. The van der Waals surface area contributed by atoms with Gasteiger partial charge in [0.2, 0.25) is 11.8 Å². The Kier molecular flexibility index (Phi) is 7.10. The first-order valence-electron chi connectivity index (χ1n) is 7.86. The van der Waals surface area contributed by atoms with Crippen molar-refractivity contribution in [3.63, 3.8) is 0 Å². The summed E-state index contributed by atoms with van der Waals surface area (Å²) in [4.78, 5) is 23.7. The molecule has 0 radical (unpaired) electrons. The lowest BCUT2D eigenvalue weighted by Gasteiger charge is -2.10. The van der Waals surface area contributed by atoms with Crippen molar-refractivity contribution in [1.29, 1.82) is 0 Å². The number of hydrogen-bond donors (Lipinski definition) is 3. The molecule has 2 amide bonds.